The van der Waals surface area contributed by atoms with Gasteiger partial charge in [-0.2, -0.15) is 4.31 Å². The molecule has 0 amide bonds. The second kappa shape index (κ2) is 4.23. The fourth-order valence-corrected chi connectivity index (χ4v) is 3.62. The molecule has 0 spiro atoms. The molecular weight excluding hydrogens is 282 g/mol. The van der Waals surface area contributed by atoms with Crippen LogP contribution in [0.4, 0.5) is 0 Å². The molecule has 1 N–H and O–H groups in total. The number of aromatic amines is 1. The van der Waals surface area contributed by atoms with E-state index in [0.717, 1.165) is 11.8 Å². The van der Waals surface area contributed by atoms with Crippen LogP contribution in [0.5, 0.6) is 0 Å². The van der Waals surface area contributed by atoms with Crippen molar-refractivity contribution < 1.29 is 8.42 Å². The van der Waals surface area contributed by atoms with E-state index in [9.17, 15) is 8.42 Å². The number of nitrogens with one attached hydrogen (secondary N) is 1. The van der Waals surface area contributed by atoms with E-state index < -0.39 is 10.0 Å². The summed E-state index contributed by atoms with van der Waals surface area (Å²) in [4.78, 5) is 6.36. The van der Waals surface area contributed by atoms with Crippen molar-refractivity contribution in [1.29, 1.82) is 0 Å². The number of nitrogens with zero attached hydrogens (tertiary/aromatic N) is 2. The van der Waals surface area contributed by atoms with Gasteiger partial charge < -0.3 is 4.98 Å². The molecule has 1 fully saturated rings. The molecule has 84 valence electrons. The van der Waals surface area contributed by atoms with Gasteiger partial charge in [-0.05, 0) is 12.3 Å². The molecule has 1 aliphatic heterocycles. The molecule has 2 rings (SSSR count). The fraction of sp³-hybridized carbons (Fsp3) is 0.625. The molecular formula is C8H12BrN3O2S. The Morgan fingerprint density at radius 2 is 2.47 bits per heavy atom. The third-order valence-corrected chi connectivity index (χ3v) is 5.26. The van der Waals surface area contributed by atoms with Gasteiger partial charge in [-0.25, -0.2) is 13.4 Å². The van der Waals surface area contributed by atoms with Crippen LogP contribution in [-0.2, 0) is 10.0 Å². The summed E-state index contributed by atoms with van der Waals surface area (Å²) >= 11 is 3.38. The number of imidazole rings is 1. The van der Waals surface area contributed by atoms with Crippen molar-refractivity contribution in [3.8, 4) is 0 Å². The van der Waals surface area contributed by atoms with Gasteiger partial charge in [-0.15, -0.1) is 0 Å². The van der Waals surface area contributed by atoms with Gasteiger partial charge in [0.15, 0.2) is 5.03 Å². The summed E-state index contributed by atoms with van der Waals surface area (Å²) in [7, 11) is -3.34. The molecule has 0 saturated carbocycles. The highest BCUT2D eigenvalue weighted by Crippen LogP contribution is 2.23. The van der Waals surface area contributed by atoms with Gasteiger partial charge >= 0.3 is 0 Å². The molecule has 0 aliphatic carbocycles. The molecule has 0 aromatic carbocycles. The van der Waals surface area contributed by atoms with E-state index in [1.54, 1.807) is 0 Å². The van der Waals surface area contributed by atoms with Gasteiger partial charge in [-0.1, -0.05) is 15.9 Å². The standard InChI is InChI=1S/C8H12BrN3O2S/c9-3-7-1-2-12(5-7)15(13,14)8-4-10-6-11-8/h4,6-7H,1-3,5H2,(H,10,11). The second-order valence-electron chi connectivity index (χ2n) is 3.59. The highest BCUT2D eigenvalue weighted by atomic mass is 79.9. The maximum absolute atomic E-state index is 12.0. The first-order valence-electron chi connectivity index (χ1n) is 4.69. The summed E-state index contributed by atoms with van der Waals surface area (Å²) in [6.45, 7) is 1.18. The number of halogens is 1. The molecule has 1 aliphatic rings. The molecule has 5 nitrogen and oxygen atoms in total. The first kappa shape index (κ1) is 11.1. The predicted molar refractivity (Wildman–Crippen MR) is 59.2 cm³/mol. The Bertz CT molecular complexity index is 417. The molecule has 1 atom stereocenters. The van der Waals surface area contributed by atoms with Crippen LogP contribution in [0.1, 0.15) is 6.42 Å². The Balaban J connectivity index is 2.18. The van der Waals surface area contributed by atoms with Gasteiger partial charge in [0.05, 0.1) is 12.5 Å². The molecule has 15 heavy (non-hydrogen) atoms. The van der Waals surface area contributed by atoms with Crippen molar-refractivity contribution in [3.05, 3.63) is 12.5 Å². The van der Waals surface area contributed by atoms with E-state index in [-0.39, 0.29) is 5.03 Å². The molecule has 1 saturated heterocycles. The van der Waals surface area contributed by atoms with E-state index in [1.807, 2.05) is 0 Å². The summed E-state index contributed by atoms with van der Waals surface area (Å²) in [5.74, 6) is 0.419. The predicted octanol–water partition coefficient (Wildman–Crippen LogP) is 0.815. The van der Waals surface area contributed by atoms with Crippen molar-refractivity contribution in [1.82, 2.24) is 14.3 Å². The van der Waals surface area contributed by atoms with Crippen LogP contribution < -0.4 is 0 Å². The number of rotatable bonds is 3. The van der Waals surface area contributed by atoms with Crippen molar-refractivity contribution in [2.45, 2.75) is 11.4 Å². The lowest BCUT2D eigenvalue weighted by molar-refractivity contribution is 0.463. The van der Waals surface area contributed by atoms with E-state index in [2.05, 4.69) is 25.9 Å². The molecule has 1 aromatic rings. The molecule has 1 aromatic heterocycles. The zero-order chi connectivity index (χ0) is 10.9. The Kier molecular flexibility index (Phi) is 3.13. The Hall–Kier alpha value is -0.400. The third-order valence-electron chi connectivity index (χ3n) is 2.56. The van der Waals surface area contributed by atoms with E-state index in [0.29, 0.717) is 19.0 Å². The largest absolute Gasteiger partial charge is 0.335 e. The summed E-state index contributed by atoms with van der Waals surface area (Å²) in [6, 6.07) is 0. The number of hydrogen-bond donors (Lipinski definition) is 1. The zero-order valence-electron chi connectivity index (χ0n) is 8.06. The van der Waals surface area contributed by atoms with Crippen LogP contribution in [0.3, 0.4) is 0 Å². The second-order valence-corrected chi connectivity index (χ2v) is 6.14. The highest BCUT2D eigenvalue weighted by Gasteiger charge is 2.32. The van der Waals surface area contributed by atoms with Crippen molar-refractivity contribution in [2.24, 2.45) is 5.92 Å². The molecule has 0 bridgehead atoms. The SMILES string of the molecule is O=S(=O)(c1cnc[nH]1)N1CCC(CBr)C1. The third kappa shape index (κ3) is 2.09. The smallest absolute Gasteiger partial charge is 0.260 e. The van der Waals surface area contributed by atoms with Crippen LogP contribution in [0.2, 0.25) is 0 Å². The maximum atomic E-state index is 12.0. The average Bonchev–Trinajstić information content (AvgIpc) is 2.89. The van der Waals surface area contributed by atoms with Crippen molar-refractivity contribution in [2.75, 3.05) is 18.4 Å². The summed E-state index contributed by atoms with van der Waals surface area (Å²) < 4.78 is 25.5. The van der Waals surface area contributed by atoms with Crippen LogP contribution in [0.15, 0.2) is 17.6 Å². The zero-order valence-corrected chi connectivity index (χ0v) is 10.5. The lowest BCUT2D eigenvalue weighted by atomic mass is 10.2. The highest BCUT2D eigenvalue weighted by molar-refractivity contribution is 9.09. The lowest BCUT2D eigenvalue weighted by Crippen LogP contribution is -2.29. The molecule has 1 unspecified atom stereocenters. The quantitative estimate of drug-likeness (QED) is 0.839. The van der Waals surface area contributed by atoms with E-state index in [4.69, 9.17) is 0 Å². The van der Waals surface area contributed by atoms with E-state index >= 15 is 0 Å². The van der Waals surface area contributed by atoms with Gasteiger partial charge in [0, 0.05) is 18.4 Å². The first-order valence-corrected chi connectivity index (χ1v) is 7.25. The van der Waals surface area contributed by atoms with Gasteiger partial charge in [-0.3, -0.25) is 0 Å². The minimum Gasteiger partial charge on any atom is -0.335 e. The number of hydrogen-bond acceptors (Lipinski definition) is 3. The number of H-pyrrole nitrogens is 1. The topological polar surface area (TPSA) is 66.1 Å². The van der Waals surface area contributed by atoms with Crippen LogP contribution >= 0.6 is 15.9 Å². The Labute approximate surface area is 97.1 Å². The Morgan fingerprint density at radius 3 is 3.00 bits per heavy atom. The molecule has 7 heteroatoms. The van der Waals surface area contributed by atoms with Crippen LogP contribution in [-0.4, -0.2) is 41.1 Å². The first-order chi connectivity index (χ1) is 7.14. The maximum Gasteiger partial charge on any atom is 0.260 e. The lowest BCUT2D eigenvalue weighted by Gasteiger charge is -2.14. The summed E-state index contributed by atoms with van der Waals surface area (Å²) in [5, 5.41) is 1.03. The molecule has 0 radical (unpaired) electrons. The van der Waals surface area contributed by atoms with Gasteiger partial charge in [0.25, 0.3) is 10.0 Å². The number of alkyl halides is 1. The van der Waals surface area contributed by atoms with E-state index in [1.165, 1.54) is 16.8 Å². The number of sulfonamides is 1. The Morgan fingerprint density at radius 1 is 1.67 bits per heavy atom. The summed E-state index contributed by atoms with van der Waals surface area (Å²) in [6.07, 6.45) is 3.64. The van der Waals surface area contributed by atoms with Crippen molar-refractivity contribution >= 4 is 26.0 Å². The minimum atomic E-state index is -3.34. The van der Waals surface area contributed by atoms with Gasteiger partial charge in [0.2, 0.25) is 0 Å². The normalized spacial score (nSPS) is 23.4. The van der Waals surface area contributed by atoms with Crippen molar-refractivity contribution in [3.63, 3.8) is 0 Å². The van der Waals surface area contributed by atoms with Gasteiger partial charge in [0.1, 0.15) is 0 Å². The number of aromatic nitrogens is 2. The molecule has 2 heterocycles. The van der Waals surface area contributed by atoms with Crippen LogP contribution in [0.25, 0.3) is 0 Å². The average molecular weight is 294 g/mol. The fourth-order valence-electron chi connectivity index (χ4n) is 1.66. The minimum absolute atomic E-state index is 0.178. The van der Waals surface area contributed by atoms with Crippen LogP contribution in [0, 0.1) is 5.92 Å². The monoisotopic (exact) mass is 293 g/mol. The summed E-state index contributed by atoms with van der Waals surface area (Å²) in [5.41, 5.74) is 0.